The molecule has 2 aromatic carbocycles. The first kappa shape index (κ1) is 14.1. The SMILES string of the molecule is CCN(c1ccccc1F)c1ccccc1CNC1CC1. The maximum absolute atomic E-state index is 14.1. The lowest BCUT2D eigenvalue weighted by molar-refractivity contribution is 0.625. The van der Waals surface area contributed by atoms with Crippen molar-refractivity contribution in [2.75, 3.05) is 11.4 Å². The van der Waals surface area contributed by atoms with Gasteiger partial charge in [0.15, 0.2) is 0 Å². The van der Waals surface area contributed by atoms with Crippen LogP contribution in [0.3, 0.4) is 0 Å². The van der Waals surface area contributed by atoms with E-state index in [2.05, 4.69) is 24.4 Å². The zero-order valence-electron chi connectivity index (χ0n) is 12.3. The van der Waals surface area contributed by atoms with Gasteiger partial charge in [-0.25, -0.2) is 4.39 Å². The average Bonchev–Trinajstić information content (AvgIpc) is 3.33. The predicted molar refractivity (Wildman–Crippen MR) is 85.4 cm³/mol. The van der Waals surface area contributed by atoms with Gasteiger partial charge in [0, 0.05) is 24.8 Å². The van der Waals surface area contributed by atoms with Gasteiger partial charge in [-0.15, -0.1) is 0 Å². The minimum atomic E-state index is -0.177. The van der Waals surface area contributed by atoms with Crippen LogP contribution >= 0.6 is 0 Å². The van der Waals surface area contributed by atoms with Crippen LogP contribution in [0.5, 0.6) is 0 Å². The fourth-order valence-electron chi connectivity index (χ4n) is 2.61. The van der Waals surface area contributed by atoms with Crippen LogP contribution in [0.15, 0.2) is 48.5 Å². The second-order valence-corrected chi connectivity index (χ2v) is 5.48. The Morgan fingerprint density at radius 3 is 2.38 bits per heavy atom. The molecule has 1 saturated carbocycles. The highest BCUT2D eigenvalue weighted by atomic mass is 19.1. The first-order chi connectivity index (χ1) is 10.3. The van der Waals surface area contributed by atoms with Crippen molar-refractivity contribution >= 4 is 11.4 Å². The summed E-state index contributed by atoms with van der Waals surface area (Å²) in [6.45, 7) is 3.63. The molecule has 2 nitrogen and oxygen atoms in total. The van der Waals surface area contributed by atoms with Gasteiger partial charge >= 0.3 is 0 Å². The Morgan fingerprint density at radius 2 is 1.71 bits per heavy atom. The van der Waals surface area contributed by atoms with Gasteiger partial charge in [0.2, 0.25) is 0 Å². The second-order valence-electron chi connectivity index (χ2n) is 5.48. The summed E-state index contributed by atoms with van der Waals surface area (Å²) in [6, 6.07) is 15.9. The van der Waals surface area contributed by atoms with Crippen LogP contribution in [-0.4, -0.2) is 12.6 Å². The van der Waals surface area contributed by atoms with Crippen molar-refractivity contribution in [3.63, 3.8) is 0 Å². The van der Waals surface area contributed by atoms with E-state index in [4.69, 9.17) is 0 Å². The number of benzene rings is 2. The van der Waals surface area contributed by atoms with Crippen LogP contribution in [0, 0.1) is 5.82 Å². The number of para-hydroxylation sites is 2. The number of nitrogens with one attached hydrogen (secondary N) is 1. The van der Waals surface area contributed by atoms with Crippen molar-refractivity contribution in [1.82, 2.24) is 5.32 Å². The van der Waals surface area contributed by atoms with Crippen LogP contribution in [0.4, 0.5) is 15.8 Å². The van der Waals surface area contributed by atoms with Crippen molar-refractivity contribution in [2.24, 2.45) is 0 Å². The Labute approximate surface area is 125 Å². The molecule has 0 atom stereocenters. The molecule has 1 fully saturated rings. The van der Waals surface area contributed by atoms with Crippen molar-refractivity contribution in [2.45, 2.75) is 32.4 Å². The molecule has 3 rings (SSSR count). The van der Waals surface area contributed by atoms with Crippen molar-refractivity contribution in [1.29, 1.82) is 0 Å². The third kappa shape index (κ3) is 3.24. The summed E-state index contributed by atoms with van der Waals surface area (Å²) in [5.41, 5.74) is 2.94. The van der Waals surface area contributed by atoms with Gasteiger partial charge in [-0.1, -0.05) is 30.3 Å². The molecule has 0 amide bonds. The molecular weight excluding hydrogens is 263 g/mol. The summed E-state index contributed by atoms with van der Waals surface area (Å²) < 4.78 is 14.1. The quantitative estimate of drug-likeness (QED) is 0.853. The monoisotopic (exact) mass is 284 g/mol. The van der Waals surface area contributed by atoms with Crippen molar-refractivity contribution in [3.8, 4) is 0 Å². The molecule has 0 unspecified atom stereocenters. The molecule has 0 heterocycles. The number of nitrogens with zero attached hydrogens (tertiary/aromatic N) is 1. The Balaban J connectivity index is 1.91. The minimum Gasteiger partial charge on any atom is -0.339 e. The molecular formula is C18H21FN2. The molecule has 0 bridgehead atoms. The molecule has 1 aliphatic rings. The summed E-state index contributed by atoms with van der Waals surface area (Å²) in [7, 11) is 0. The number of anilines is 2. The lowest BCUT2D eigenvalue weighted by Gasteiger charge is -2.26. The molecule has 3 heteroatoms. The lowest BCUT2D eigenvalue weighted by atomic mass is 10.1. The Bertz CT molecular complexity index is 608. The summed E-state index contributed by atoms with van der Waals surface area (Å²) in [6.07, 6.45) is 2.54. The average molecular weight is 284 g/mol. The highest BCUT2D eigenvalue weighted by Crippen LogP contribution is 2.30. The van der Waals surface area contributed by atoms with E-state index in [-0.39, 0.29) is 5.82 Å². The first-order valence-electron chi connectivity index (χ1n) is 7.63. The Morgan fingerprint density at radius 1 is 1.05 bits per heavy atom. The molecule has 2 aromatic rings. The topological polar surface area (TPSA) is 15.3 Å². The lowest BCUT2D eigenvalue weighted by Crippen LogP contribution is -2.22. The van der Waals surface area contributed by atoms with E-state index < -0.39 is 0 Å². The first-order valence-corrected chi connectivity index (χ1v) is 7.63. The van der Waals surface area contributed by atoms with Crippen LogP contribution in [0.1, 0.15) is 25.3 Å². The smallest absolute Gasteiger partial charge is 0.146 e. The Hall–Kier alpha value is -1.87. The third-order valence-electron chi connectivity index (χ3n) is 3.90. The van der Waals surface area contributed by atoms with Crippen LogP contribution in [0.2, 0.25) is 0 Å². The van der Waals surface area contributed by atoms with Gasteiger partial charge in [-0.3, -0.25) is 0 Å². The molecule has 1 aliphatic carbocycles. The van der Waals surface area contributed by atoms with E-state index in [0.717, 1.165) is 18.8 Å². The molecule has 0 radical (unpaired) electrons. The van der Waals surface area contributed by atoms with E-state index in [1.165, 1.54) is 24.5 Å². The molecule has 0 aromatic heterocycles. The number of hydrogen-bond acceptors (Lipinski definition) is 2. The summed E-state index contributed by atoms with van der Waals surface area (Å²) in [4.78, 5) is 2.04. The molecule has 0 aliphatic heterocycles. The van der Waals surface area contributed by atoms with E-state index in [0.29, 0.717) is 11.7 Å². The van der Waals surface area contributed by atoms with Gasteiger partial charge in [-0.2, -0.15) is 0 Å². The van der Waals surface area contributed by atoms with Crippen LogP contribution in [-0.2, 0) is 6.54 Å². The van der Waals surface area contributed by atoms with E-state index >= 15 is 0 Å². The van der Waals surface area contributed by atoms with E-state index in [9.17, 15) is 4.39 Å². The largest absolute Gasteiger partial charge is 0.339 e. The van der Waals surface area contributed by atoms with Crippen LogP contribution in [0.25, 0.3) is 0 Å². The maximum Gasteiger partial charge on any atom is 0.146 e. The Kier molecular flexibility index (Phi) is 4.20. The summed E-state index contributed by atoms with van der Waals surface area (Å²) in [5, 5.41) is 3.54. The molecule has 21 heavy (non-hydrogen) atoms. The predicted octanol–water partition coefficient (Wildman–Crippen LogP) is 4.24. The fourth-order valence-corrected chi connectivity index (χ4v) is 2.61. The second kappa shape index (κ2) is 6.27. The fraction of sp³-hybridized carbons (Fsp3) is 0.333. The van der Waals surface area contributed by atoms with Gasteiger partial charge in [0.1, 0.15) is 5.82 Å². The normalized spacial score (nSPS) is 14.2. The van der Waals surface area contributed by atoms with Gasteiger partial charge in [0.25, 0.3) is 0 Å². The summed E-state index contributed by atoms with van der Waals surface area (Å²) >= 11 is 0. The molecule has 110 valence electrons. The maximum atomic E-state index is 14.1. The molecule has 1 N–H and O–H groups in total. The highest BCUT2D eigenvalue weighted by molar-refractivity contribution is 5.66. The van der Waals surface area contributed by atoms with Crippen molar-refractivity contribution in [3.05, 3.63) is 59.9 Å². The highest BCUT2D eigenvalue weighted by Gasteiger charge is 2.21. The molecule has 0 spiro atoms. The standard InChI is InChI=1S/C18H21FN2/c1-2-21(18-10-6-4-8-16(18)19)17-9-5-3-7-14(17)13-20-15-11-12-15/h3-10,15,20H,2,11-13H2,1H3. The van der Waals surface area contributed by atoms with Gasteiger partial charge in [-0.05, 0) is 43.5 Å². The van der Waals surface area contributed by atoms with Crippen LogP contribution < -0.4 is 10.2 Å². The zero-order valence-corrected chi connectivity index (χ0v) is 12.3. The third-order valence-corrected chi connectivity index (χ3v) is 3.90. The van der Waals surface area contributed by atoms with Gasteiger partial charge < -0.3 is 10.2 Å². The number of hydrogen-bond donors (Lipinski definition) is 1. The van der Waals surface area contributed by atoms with E-state index in [1.54, 1.807) is 6.07 Å². The zero-order chi connectivity index (χ0) is 14.7. The number of rotatable bonds is 6. The molecule has 0 saturated heterocycles. The summed E-state index contributed by atoms with van der Waals surface area (Å²) in [5.74, 6) is -0.177. The minimum absolute atomic E-state index is 0.177. The van der Waals surface area contributed by atoms with E-state index in [1.807, 2.05) is 29.2 Å². The van der Waals surface area contributed by atoms with Crippen molar-refractivity contribution < 1.29 is 4.39 Å². The number of halogens is 1. The van der Waals surface area contributed by atoms with Gasteiger partial charge in [0.05, 0.1) is 5.69 Å².